The molecule has 5 heteroatoms. The second-order valence-electron chi connectivity index (χ2n) is 5.00. The Morgan fingerprint density at radius 3 is 2.06 bits per heavy atom. The fraction of sp³-hybridized carbons (Fsp3) is 0.818. The number of amides is 2. The van der Waals surface area contributed by atoms with E-state index in [1.54, 1.807) is 6.92 Å². The van der Waals surface area contributed by atoms with E-state index in [9.17, 15) is 9.59 Å². The van der Waals surface area contributed by atoms with E-state index in [1.807, 2.05) is 27.7 Å². The quantitative estimate of drug-likeness (QED) is 0.686. The molecule has 0 aromatic carbocycles. The lowest BCUT2D eigenvalue weighted by molar-refractivity contribution is -0.139. The van der Waals surface area contributed by atoms with Crippen molar-refractivity contribution in [1.29, 1.82) is 0 Å². The van der Waals surface area contributed by atoms with Crippen LogP contribution in [0, 0.1) is 5.41 Å². The highest BCUT2D eigenvalue weighted by molar-refractivity contribution is 5.82. The van der Waals surface area contributed by atoms with Gasteiger partial charge >= 0.3 is 12.0 Å². The smallest absolute Gasteiger partial charge is 0.326 e. The average molecular weight is 230 g/mol. The number of carbonyl (C=O) groups excluding carboxylic acids is 1. The van der Waals surface area contributed by atoms with Gasteiger partial charge in [0.05, 0.1) is 0 Å². The summed E-state index contributed by atoms with van der Waals surface area (Å²) in [6.07, 6.45) is 0.368. The Morgan fingerprint density at radius 1 is 1.25 bits per heavy atom. The minimum atomic E-state index is -1.01. The molecular weight excluding hydrogens is 208 g/mol. The lowest BCUT2D eigenvalue weighted by Crippen LogP contribution is -2.51. The highest BCUT2D eigenvalue weighted by atomic mass is 16.4. The number of nitrogens with one attached hydrogen (secondary N) is 2. The van der Waals surface area contributed by atoms with Crippen LogP contribution >= 0.6 is 0 Å². The molecule has 0 aliphatic carbocycles. The summed E-state index contributed by atoms with van der Waals surface area (Å²) in [4.78, 5) is 22.2. The van der Waals surface area contributed by atoms with Crippen LogP contribution in [0.2, 0.25) is 0 Å². The van der Waals surface area contributed by atoms with Crippen molar-refractivity contribution in [3.05, 3.63) is 0 Å². The third-order valence-corrected chi connectivity index (χ3v) is 2.66. The van der Waals surface area contributed by atoms with Crippen molar-refractivity contribution in [1.82, 2.24) is 10.6 Å². The summed E-state index contributed by atoms with van der Waals surface area (Å²) in [7, 11) is 0. The minimum Gasteiger partial charge on any atom is -0.480 e. The summed E-state index contributed by atoms with van der Waals surface area (Å²) in [5.74, 6) is -1.01. The Kier molecular flexibility index (Phi) is 5.27. The Labute approximate surface area is 96.6 Å². The fourth-order valence-electron chi connectivity index (χ4n) is 0.951. The van der Waals surface area contributed by atoms with Crippen LogP contribution in [0.25, 0.3) is 0 Å². The molecule has 0 rings (SSSR count). The topological polar surface area (TPSA) is 78.4 Å². The van der Waals surface area contributed by atoms with Crippen molar-refractivity contribution in [2.24, 2.45) is 5.41 Å². The van der Waals surface area contributed by atoms with E-state index in [2.05, 4.69) is 10.6 Å². The molecule has 1 unspecified atom stereocenters. The maximum atomic E-state index is 11.5. The van der Waals surface area contributed by atoms with Crippen LogP contribution in [-0.4, -0.2) is 29.2 Å². The van der Waals surface area contributed by atoms with E-state index in [0.717, 1.165) is 0 Å². The van der Waals surface area contributed by atoms with Gasteiger partial charge in [0.2, 0.25) is 0 Å². The van der Waals surface area contributed by atoms with Crippen molar-refractivity contribution in [2.45, 2.75) is 53.1 Å². The van der Waals surface area contributed by atoms with Gasteiger partial charge in [0.1, 0.15) is 6.04 Å². The molecule has 0 fully saturated rings. The molecule has 0 aromatic heterocycles. The average Bonchev–Trinajstić information content (AvgIpc) is 2.11. The summed E-state index contributed by atoms with van der Waals surface area (Å²) >= 11 is 0. The molecule has 0 radical (unpaired) electrons. The molecule has 5 nitrogen and oxygen atoms in total. The molecule has 94 valence electrons. The van der Waals surface area contributed by atoms with Gasteiger partial charge < -0.3 is 15.7 Å². The maximum Gasteiger partial charge on any atom is 0.326 e. The number of carbonyl (C=O) groups is 2. The van der Waals surface area contributed by atoms with Crippen LogP contribution in [0.15, 0.2) is 0 Å². The van der Waals surface area contributed by atoms with Crippen LogP contribution in [0.3, 0.4) is 0 Å². The van der Waals surface area contributed by atoms with Crippen LogP contribution in [0.4, 0.5) is 4.79 Å². The number of hydrogen-bond donors (Lipinski definition) is 3. The first kappa shape index (κ1) is 14.7. The molecule has 0 saturated heterocycles. The van der Waals surface area contributed by atoms with Crippen molar-refractivity contribution in [2.75, 3.05) is 0 Å². The molecule has 0 spiro atoms. The van der Waals surface area contributed by atoms with Gasteiger partial charge in [-0.1, -0.05) is 27.7 Å². The van der Waals surface area contributed by atoms with Gasteiger partial charge in [0.15, 0.2) is 0 Å². The first-order chi connectivity index (χ1) is 7.18. The third kappa shape index (κ3) is 5.00. The second-order valence-corrected chi connectivity index (χ2v) is 5.00. The third-order valence-electron chi connectivity index (χ3n) is 2.66. The molecule has 0 aromatic rings. The monoisotopic (exact) mass is 230 g/mol. The fourth-order valence-corrected chi connectivity index (χ4v) is 0.951. The number of urea groups is 1. The molecule has 0 bridgehead atoms. The maximum absolute atomic E-state index is 11.5. The van der Waals surface area contributed by atoms with E-state index in [1.165, 1.54) is 0 Å². The molecule has 3 N–H and O–H groups in total. The Bertz CT molecular complexity index is 258. The van der Waals surface area contributed by atoms with Gasteiger partial charge in [0, 0.05) is 6.04 Å². The first-order valence-corrected chi connectivity index (χ1v) is 5.48. The number of rotatable bonds is 4. The molecule has 2 atom stereocenters. The van der Waals surface area contributed by atoms with E-state index in [0.29, 0.717) is 6.42 Å². The highest BCUT2D eigenvalue weighted by Gasteiger charge is 2.23. The Balaban J connectivity index is 4.23. The Hall–Kier alpha value is -1.26. The van der Waals surface area contributed by atoms with Gasteiger partial charge in [-0.25, -0.2) is 9.59 Å². The number of carboxylic acids is 1. The lowest BCUT2D eigenvalue weighted by atomic mass is 9.88. The zero-order valence-corrected chi connectivity index (χ0v) is 10.6. The molecule has 0 heterocycles. The molecule has 2 amide bonds. The van der Waals surface area contributed by atoms with Gasteiger partial charge in [-0.15, -0.1) is 0 Å². The summed E-state index contributed by atoms with van der Waals surface area (Å²) < 4.78 is 0. The van der Waals surface area contributed by atoms with Crippen molar-refractivity contribution >= 4 is 12.0 Å². The summed E-state index contributed by atoms with van der Waals surface area (Å²) in [6, 6.07) is -1.29. The zero-order valence-electron chi connectivity index (χ0n) is 10.6. The molecular formula is C11H22N2O3. The van der Waals surface area contributed by atoms with Crippen LogP contribution < -0.4 is 10.6 Å². The summed E-state index contributed by atoms with van der Waals surface area (Å²) in [5.41, 5.74) is -0.0533. The predicted molar refractivity (Wildman–Crippen MR) is 62.3 cm³/mol. The van der Waals surface area contributed by atoms with Gasteiger partial charge in [0.25, 0.3) is 0 Å². The predicted octanol–water partition coefficient (Wildman–Crippen LogP) is 1.58. The number of aliphatic carboxylic acids is 1. The van der Waals surface area contributed by atoms with E-state index >= 15 is 0 Å². The summed E-state index contributed by atoms with van der Waals surface area (Å²) in [5, 5.41) is 13.9. The van der Waals surface area contributed by atoms with Crippen molar-refractivity contribution in [3.63, 3.8) is 0 Å². The molecule has 0 saturated carbocycles. The minimum absolute atomic E-state index is 0.0289. The van der Waals surface area contributed by atoms with E-state index < -0.39 is 18.0 Å². The number of hydrogen-bond acceptors (Lipinski definition) is 2. The number of carboxylic acid groups (broad SMARTS) is 1. The molecule has 16 heavy (non-hydrogen) atoms. The SMILES string of the molecule is CC[C@H](NC(=O)NC(C)C(C)(C)C)C(=O)O. The van der Waals surface area contributed by atoms with Crippen LogP contribution in [-0.2, 0) is 4.79 Å². The van der Waals surface area contributed by atoms with Crippen molar-refractivity contribution in [3.8, 4) is 0 Å². The zero-order chi connectivity index (χ0) is 12.9. The lowest BCUT2D eigenvalue weighted by Gasteiger charge is -2.28. The van der Waals surface area contributed by atoms with Crippen LogP contribution in [0.5, 0.6) is 0 Å². The van der Waals surface area contributed by atoms with Crippen molar-refractivity contribution < 1.29 is 14.7 Å². The highest BCUT2D eigenvalue weighted by Crippen LogP contribution is 2.18. The normalized spacial score (nSPS) is 15.1. The first-order valence-electron chi connectivity index (χ1n) is 5.48. The van der Waals surface area contributed by atoms with E-state index in [-0.39, 0.29) is 11.5 Å². The Morgan fingerprint density at radius 2 is 1.75 bits per heavy atom. The summed E-state index contributed by atoms with van der Waals surface area (Å²) in [6.45, 7) is 9.62. The molecule has 0 aliphatic heterocycles. The van der Waals surface area contributed by atoms with E-state index in [4.69, 9.17) is 5.11 Å². The second kappa shape index (κ2) is 5.72. The van der Waals surface area contributed by atoms with Gasteiger partial charge in [-0.2, -0.15) is 0 Å². The van der Waals surface area contributed by atoms with Gasteiger partial charge in [-0.05, 0) is 18.8 Å². The van der Waals surface area contributed by atoms with Crippen LogP contribution in [0.1, 0.15) is 41.0 Å². The molecule has 0 aliphatic rings. The van der Waals surface area contributed by atoms with Gasteiger partial charge in [-0.3, -0.25) is 0 Å². The largest absolute Gasteiger partial charge is 0.480 e. The standard InChI is InChI=1S/C11H22N2O3/c1-6-8(9(14)15)13-10(16)12-7(2)11(3,4)5/h7-8H,6H2,1-5H3,(H,14,15)(H2,12,13,16)/t7?,8-/m0/s1.